The first kappa shape index (κ1) is 20.1. The fraction of sp³-hybridized carbons (Fsp3) is 0.300. The Morgan fingerprint density at radius 3 is 2.07 bits per heavy atom. The van der Waals surface area contributed by atoms with Crippen LogP contribution in [-0.2, 0) is 9.53 Å². The first-order valence-electron chi connectivity index (χ1n) is 8.56. The summed E-state index contributed by atoms with van der Waals surface area (Å²) in [5.41, 5.74) is 0.349. The van der Waals surface area contributed by atoms with E-state index in [0.29, 0.717) is 36.8 Å². The molecule has 0 radical (unpaired) electrons. The molecular formula is C20H23NO6. The molecular weight excluding hydrogens is 350 g/mol. The lowest BCUT2D eigenvalue weighted by atomic mass is 10.2. The van der Waals surface area contributed by atoms with Gasteiger partial charge in [0, 0.05) is 0 Å². The lowest BCUT2D eigenvalue weighted by molar-refractivity contribution is -0.124. The third kappa shape index (κ3) is 6.89. The number of benzene rings is 2. The van der Waals surface area contributed by atoms with E-state index in [1.165, 1.54) is 7.11 Å². The number of nitrogens with one attached hydrogen (secondary N) is 1. The number of carbonyl (C=O) groups excluding carboxylic acids is 2. The van der Waals surface area contributed by atoms with Gasteiger partial charge in [0.05, 0.1) is 25.8 Å². The Morgan fingerprint density at radius 2 is 1.48 bits per heavy atom. The Labute approximate surface area is 158 Å². The largest absolute Gasteiger partial charge is 0.497 e. The topological polar surface area (TPSA) is 83.1 Å². The van der Waals surface area contributed by atoms with Crippen LogP contribution in [0.3, 0.4) is 0 Å². The van der Waals surface area contributed by atoms with Crippen LogP contribution in [-0.4, -0.2) is 45.4 Å². The second-order valence-electron chi connectivity index (χ2n) is 5.41. The first-order valence-corrected chi connectivity index (χ1v) is 8.56. The van der Waals surface area contributed by atoms with Crippen LogP contribution in [0.4, 0.5) is 0 Å². The molecule has 7 nitrogen and oxygen atoms in total. The van der Waals surface area contributed by atoms with Crippen molar-refractivity contribution < 1.29 is 28.5 Å². The first-order chi connectivity index (χ1) is 13.1. The summed E-state index contributed by atoms with van der Waals surface area (Å²) in [7, 11) is 1.54. The Hall–Kier alpha value is -3.22. The van der Waals surface area contributed by atoms with Crippen LogP contribution >= 0.6 is 0 Å². The van der Waals surface area contributed by atoms with Gasteiger partial charge in [-0.2, -0.15) is 0 Å². The second-order valence-corrected chi connectivity index (χ2v) is 5.41. The molecule has 2 aromatic carbocycles. The van der Waals surface area contributed by atoms with E-state index in [4.69, 9.17) is 18.9 Å². The SMILES string of the molecule is CCOc1ccc(OCCNC(=O)COC(=O)c2ccc(OC)cc2)cc1. The van der Waals surface area contributed by atoms with Crippen molar-refractivity contribution in [2.45, 2.75) is 6.92 Å². The highest BCUT2D eigenvalue weighted by Crippen LogP contribution is 2.17. The van der Waals surface area contributed by atoms with E-state index in [1.54, 1.807) is 36.4 Å². The number of hydrogen-bond acceptors (Lipinski definition) is 6. The fourth-order valence-electron chi connectivity index (χ4n) is 2.15. The number of amides is 1. The minimum atomic E-state index is -0.571. The quantitative estimate of drug-likeness (QED) is 0.509. The maximum absolute atomic E-state index is 11.9. The van der Waals surface area contributed by atoms with Gasteiger partial charge in [0.15, 0.2) is 6.61 Å². The highest BCUT2D eigenvalue weighted by atomic mass is 16.5. The normalized spacial score (nSPS) is 10.0. The predicted octanol–water partition coefficient (Wildman–Crippen LogP) is 2.45. The molecule has 27 heavy (non-hydrogen) atoms. The fourth-order valence-corrected chi connectivity index (χ4v) is 2.15. The molecule has 0 saturated heterocycles. The van der Waals surface area contributed by atoms with E-state index < -0.39 is 11.9 Å². The van der Waals surface area contributed by atoms with Crippen LogP contribution in [0.2, 0.25) is 0 Å². The lowest BCUT2D eigenvalue weighted by Crippen LogP contribution is -2.32. The highest BCUT2D eigenvalue weighted by molar-refractivity contribution is 5.91. The molecule has 7 heteroatoms. The summed E-state index contributed by atoms with van der Waals surface area (Å²) in [4.78, 5) is 23.6. The number of ether oxygens (including phenoxy) is 4. The van der Waals surface area contributed by atoms with Crippen LogP contribution in [0.5, 0.6) is 17.2 Å². The molecule has 0 aliphatic carbocycles. The molecule has 0 fully saturated rings. The molecule has 0 atom stereocenters. The Balaban J connectivity index is 1.63. The van der Waals surface area contributed by atoms with E-state index in [9.17, 15) is 9.59 Å². The number of carbonyl (C=O) groups is 2. The van der Waals surface area contributed by atoms with Gasteiger partial charge in [0.2, 0.25) is 0 Å². The summed E-state index contributed by atoms with van der Waals surface area (Å²) in [6.07, 6.45) is 0. The lowest BCUT2D eigenvalue weighted by Gasteiger charge is -2.09. The highest BCUT2D eigenvalue weighted by Gasteiger charge is 2.10. The molecule has 0 heterocycles. The van der Waals surface area contributed by atoms with Crippen molar-refractivity contribution >= 4 is 11.9 Å². The van der Waals surface area contributed by atoms with Crippen LogP contribution in [0, 0.1) is 0 Å². The number of esters is 1. The van der Waals surface area contributed by atoms with Gasteiger partial charge in [-0.25, -0.2) is 4.79 Å². The minimum absolute atomic E-state index is 0.298. The van der Waals surface area contributed by atoms with Crippen molar-refractivity contribution in [2.24, 2.45) is 0 Å². The van der Waals surface area contributed by atoms with Crippen molar-refractivity contribution in [2.75, 3.05) is 33.5 Å². The number of rotatable bonds is 10. The summed E-state index contributed by atoms with van der Waals surface area (Å²) in [5.74, 6) is 1.12. The summed E-state index contributed by atoms with van der Waals surface area (Å²) < 4.78 is 20.8. The summed E-state index contributed by atoms with van der Waals surface area (Å²) in [5, 5.41) is 2.62. The molecule has 0 aliphatic heterocycles. The zero-order valence-corrected chi connectivity index (χ0v) is 15.4. The van der Waals surface area contributed by atoms with Crippen LogP contribution < -0.4 is 19.5 Å². The van der Waals surface area contributed by atoms with Gasteiger partial charge >= 0.3 is 5.97 Å². The van der Waals surface area contributed by atoms with Gasteiger partial charge < -0.3 is 24.3 Å². The third-order valence-corrected chi connectivity index (χ3v) is 3.49. The second kappa shape index (κ2) is 10.7. The van der Waals surface area contributed by atoms with Gasteiger partial charge in [-0.1, -0.05) is 0 Å². The van der Waals surface area contributed by atoms with E-state index in [0.717, 1.165) is 5.75 Å². The molecule has 1 amide bonds. The third-order valence-electron chi connectivity index (χ3n) is 3.49. The average Bonchev–Trinajstić information content (AvgIpc) is 2.71. The molecule has 0 unspecified atom stereocenters. The van der Waals surface area contributed by atoms with Crippen molar-refractivity contribution in [1.82, 2.24) is 5.32 Å². The Morgan fingerprint density at radius 1 is 0.889 bits per heavy atom. The monoisotopic (exact) mass is 373 g/mol. The van der Waals surface area contributed by atoms with E-state index in [2.05, 4.69) is 5.32 Å². The molecule has 2 aromatic rings. The standard InChI is InChI=1S/C20H23NO6/c1-3-25-17-8-10-18(11-9-17)26-13-12-21-19(22)14-27-20(23)15-4-6-16(24-2)7-5-15/h4-11H,3,12-14H2,1-2H3,(H,21,22). The summed E-state index contributed by atoms with van der Waals surface area (Å²) in [6.45, 7) is 2.77. The van der Waals surface area contributed by atoms with Crippen molar-refractivity contribution in [1.29, 1.82) is 0 Å². The molecule has 144 valence electrons. The van der Waals surface area contributed by atoms with Crippen molar-refractivity contribution in [3.05, 3.63) is 54.1 Å². The maximum atomic E-state index is 11.9. The molecule has 0 bridgehead atoms. The molecule has 0 aromatic heterocycles. The smallest absolute Gasteiger partial charge is 0.338 e. The molecule has 0 spiro atoms. The maximum Gasteiger partial charge on any atom is 0.338 e. The van der Waals surface area contributed by atoms with Gasteiger partial charge in [-0.05, 0) is 55.5 Å². The van der Waals surface area contributed by atoms with Gasteiger partial charge in [0.1, 0.15) is 23.9 Å². The van der Waals surface area contributed by atoms with Gasteiger partial charge in [-0.15, -0.1) is 0 Å². The van der Waals surface area contributed by atoms with E-state index in [-0.39, 0.29) is 6.61 Å². The van der Waals surface area contributed by atoms with Crippen LogP contribution in [0.25, 0.3) is 0 Å². The average molecular weight is 373 g/mol. The Bertz CT molecular complexity index is 727. The molecule has 0 saturated carbocycles. The molecule has 0 aliphatic rings. The minimum Gasteiger partial charge on any atom is -0.497 e. The molecule has 1 N–H and O–H groups in total. The number of methoxy groups -OCH3 is 1. The van der Waals surface area contributed by atoms with Crippen LogP contribution in [0.1, 0.15) is 17.3 Å². The van der Waals surface area contributed by atoms with E-state index in [1.807, 2.05) is 19.1 Å². The number of hydrogen-bond donors (Lipinski definition) is 1. The van der Waals surface area contributed by atoms with Crippen molar-refractivity contribution in [3.8, 4) is 17.2 Å². The Kier molecular flexibility index (Phi) is 7.96. The predicted molar refractivity (Wildman–Crippen MR) is 99.4 cm³/mol. The van der Waals surface area contributed by atoms with E-state index >= 15 is 0 Å². The zero-order valence-electron chi connectivity index (χ0n) is 15.4. The summed E-state index contributed by atoms with van der Waals surface area (Å²) in [6, 6.07) is 13.7. The van der Waals surface area contributed by atoms with Crippen LogP contribution in [0.15, 0.2) is 48.5 Å². The zero-order chi connectivity index (χ0) is 19.5. The van der Waals surface area contributed by atoms with Gasteiger partial charge in [0.25, 0.3) is 5.91 Å². The van der Waals surface area contributed by atoms with Gasteiger partial charge in [-0.3, -0.25) is 4.79 Å². The summed E-state index contributed by atoms with van der Waals surface area (Å²) >= 11 is 0. The van der Waals surface area contributed by atoms with Crippen molar-refractivity contribution in [3.63, 3.8) is 0 Å². The molecule has 2 rings (SSSR count).